The second-order valence-corrected chi connectivity index (χ2v) is 4.98. The van der Waals surface area contributed by atoms with Gasteiger partial charge in [0.2, 0.25) is 0 Å². The largest absolute Gasteiger partial charge is 0.396 e. The zero-order valence-corrected chi connectivity index (χ0v) is 11.2. The molecule has 1 atom stereocenters. The van der Waals surface area contributed by atoms with Crippen LogP contribution in [0.3, 0.4) is 0 Å². The minimum Gasteiger partial charge on any atom is -0.396 e. The summed E-state index contributed by atoms with van der Waals surface area (Å²) >= 11 is 0. The van der Waals surface area contributed by atoms with Crippen LogP contribution in [-0.4, -0.2) is 33.1 Å². The molecule has 0 spiro atoms. The highest BCUT2D eigenvalue weighted by Crippen LogP contribution is 2.16. The number of aliphatic hydroxyl groups is 1. The molecule has 5 nitrogen and oxygen atoms in total. The molecule has 5 heteroatoms. The van der Waals surface area contributed by atoms with Gasteiger partial charge in [0.15, 0.2) is 0 Å². The number of carbonyl (C=O) groups is 1. The number of rotatable bonds is 5. The number of nitrogens with zero attached hydrogens (tertiary/aromatic N) is 1. The van der Waals surface area contributed by atoms with Crippen LogP contribution in [0.5, 0.6) is 0 Å². The highest BCUT2D eigenvalue weighted by molar-refractivity contribution is 5.97. The van der Waals surface area contributed by atoms with E-state index in [1.165, 1.54) is 0 Å². The molecular weight excluding hydrogens is 242 g/mol. The SMILES string of the molecule is CCC(C)(CCO)NC(=O)c1ccc2nc[nH]c2c1. The normalized spacial score (nSPS) is 14.3. The lowest BCUT2D eigenvalue weighted by atomic mass is 9.94. The van der Waals surface area contributed by atoms with Gasteiger partial charge >= 0.3 is 0 Å². The van der Waals surface area contributed by atoms with E-state index in [1.54, 1.807) is 18.5 Å². The quantitative estimate of drug-likeness (QED) is 0.768. The van der Waals surface area contributed by atoms with E-state index in [-0.39, 0.29) is 18.1 Å². The first-order valence-corrected chi connectivity index (χ1v) is 6.44. The lowest BCUT2D eigenvalue weighted by Gasteiger charge is -2.29. The van der Waals surface area contributed by atoms with Crippen molar-refractivity contribution in [3.05, 3.63) is 30.1 Å². The second-order valence-electron chi connectivity index (χ2n) is 4.98. The number of hydrogen-bond donors (Lipinski definition) is 3. The van der Waals surface area contributed by atoms with Gasteiger partial charge in [0.05, 0.1) is 17.4 Å². The third-order valence-corrected chi connectivity index (χ3v) is 3.54. The Morgan fingerprint density at radius 3 is 3.00 bits per heavy atom. The number of H-pyrrole nitrogens is 1. The fourth-order valence-corrected chi connectivity index (χ4v) is 2.00. The fraction of sp³-hybridized carbons (Fsp3) is 0.429. The maximum Gasteiger partial charge on any atom is 0.251 e. The third-order valence-electron chi connectivity index (χ3n) is 3.54. The molecule has 1 heterocycles. The fourth-order valence-electron chi connectivity index (χ4n) is 2.00. The van der Waals surface area contributed by atoms with Crippen molar-refractivity contribution >= 4 is 16.9 Å². The molecule has 19 heavy (non-hydrogen) atoms. The Labute approximate surface area is 112 Å². The predicted octanol–water partition coefficient (Wildman–Crippen LogP) is 1.84. The highest BCUT2D eigenvalue weighted by atomic mass is 16.3. The van der Waals surface area contributed by atoms with E-state index < -0.39 is 0 Å². The first-order chi connectivity index (χ1) is 9.08. The van der Waals surface area contributed by atoms with Gasteiger partial charge in [-0.05, 0) is 38.0 Å². The van der Waals surface area contributed by atoms with Crippen LogP contribution in [0.4, 0.5) is 0 Å². The summed E-state index contributed by atoms with van der Waals surface area (Å²) in [6.45, 7) is 3.99. The highest BCUT2D eigenvalue weighted by Gasteiger charge is 2.24. The van der Waals surface area contributed by atoms with Crippen LogP contribution < -0.4 is 5.32 Å². The monoisotopic (exact) mass is 261 g/mol. The average Bonchev–Trinajstić information content (AvgIpc) is 2.86. The van der Waals surface area contributed by atoms with E-state index in [1.807, 2.05) is 19.9 Å². The van der Waals surface area contributed by atoms with Crippen molar-refractivity contribution in [3.63, 3.8) is 0 Å². The number of aromatic amines is 1. The van der Waals surface area contributed by atoms with Crippen LogP contribution in [0.25, 0.3) is 11.0 Å². The van der Waals surface area contributed by atoms with Crippen LogP contribution in [-0.2, 0) is 0 Å². The van der Waals surface area contributed by atoms with Gasteiger partial charge in [0, 0.05) is 17.7 Å². The van der Waals surface area contributed by atoms with Crippen molar-refractivity contribution < 1.29 is 9.90 Å². The first kappa shape index (κ1) is 13.5. The maximum atomic E-state index is 12.2. The molecule has 0 fully saturated rings. The maximum absolute atomic E-state index is 12.2. The number of carbonyl (C=O) groups excluding carboxylic acids is 1. The van der Waals surface area contributed by atoms with Crippen molar-refractivity contribution in [2.75, 3.05) is 6.61 Å². The number of benzene rings is 1. The molecule has 1 aromatic heterocycles. The van der Waals surface area contributed by atoms with Crippen molar-refractivity contribution in [1.29, 1.82) is 0 Å². The first-order valence-electron chi connectivity index (χ1n) is 6.44. The number of fused-ring (bicyclic) bond motifs is 1. The lowest BCUT2D eigenvalue weighted by Crippen LogP contribution is -2.46. The summed E-state index contributed by atoms with van der Waals surface area (Å²) in [4.78, 5) is 19.3. The van der Waals surface area contributed by atoms with E-state index in [2.05, 4.69) is 15.3 Å². The molecule has 1 amide bonds. The van der Waals surface area contributed by atoms with Crippen molar-refractivity contribution in [1.82, 2.24) is 15.3 Å². The van der Waals surface area contributed by atoms with Crippen LogP contribution in [0.2, 0.25) is 0 Å². The molecule has 2 aromatic rings. The predicted molar refractivity (Wildman–Crippen MR) is 74.0 cm³/mol. The Morgan fingerprint density at radius 1 is 1.53 bits per heavy atom. The summed E-state index contributed by atoms with van der Waals surface area (Å²) in [5.74, 6) is -0.130. The minimum absolute atomic E-state index is 0.0597. The number of aromatic nitrogens is 2. The molecule has 0 saturated carbocycles. The number of hydrogen-bond acceptors (Lipinski definition) is 3. The van der Waals surface area contributed by atoms with Crippen molar-refractivity contribution in [2.24, 2.45) is 0 Å². The Kier molecular flexibility index (Phi) is 3.85. The van der Waals surface area contributed by atoms with Gasteiger partial charge in [0.25, 0.3) is 5.91 Å². The molecule has 1 unspecified atom stereocenters. The Morgan fingerprint density at radius 2 is 2.32 bits per heavy atom. The zero-order valence-electron chi connectivity index (χ0n) is 11.2. The number of amides is 1. The van der Waals surface area contributed by atoms with Crippen LogP contribution >= 0.6 is 0 Å². The Hall–Kier alpha value is -1.88. The van der Waals surface area contributed by atoms with Crippen molar-refractivity contribution in [2.45, 2.75) is 32.2 Å². The number of aliphatic hydroxyl groups excluding tert-OH is 1. The smallest absolute Gasteiger partial charge is 0.251 e. The standard InChI is InChI=1S/C14H19N3O2/c1-3-14(2,6-7-18)17-13(19)10-4-5-11-12(8-10)16-9-15-11/h4-5,8-9,18H,3,6-7H2,1-2H3,(H,15,16)(H,17,19). The van der Waals surface area contributed by atoms with Gasteiger partial charge < -0.3 is 15.4 Å². The zero-order chi connectivity index (χ0) is 13.9. The summed E-state index contributed by atoms with van der Waals surface area (Å²) in [5.41, 5.74) is 1.89. The molecule has 0 saturated heterocycles. The molecular formula is C14H19N3O2. The van der Waals surface area contributed by atoms with Gasteiger partial charge in [-0.2, -0.15) is 0 Å². The summed E-state index contributed by atoms with van der Waals surface area (Å²) in [7, 11) is 0. The van der Waals surface area contributed by atoms with Gasteiger partial charge in [-0.3, -0.25) is 4.79 Å². The molecule has 0 aliphatic carbocycles. The Bertz CT molecular complexity index is 579. The van der Waals surface area contributed by atoms with Crippen LogP contribution in [0.1, 0.15) is 37.0 Å². The van der Waals surface area contributed by atoms with Gasteiger partial charge in [-0.15, -0.1) is 0 Å². The van der Waals surface area contributed by atoms with E-state index in [0.717, 1.165) is 17.5 Å². The van der Waals surface area contributed by atoms with E-state index >= 15 is 0 Å². The number of imidazole rings is 1. The Balaban J connectivity index is 2.18. The second kappa shape index (κ2) is 5.40. The number of nitrogens with one attached hydrogen (secondary N) is 2. The average molecular weight is 261 g/mol. The molecule has 102 valence electrons. The molecule has 0 aliphatic rings. The summed E-state index contributed by atoms with van der Waals surface area (Å²) < 4.78 is 0. The van der Waals surface area contributed by atoms with E-state index in [4.69, 9.17) is 5.11 Å². The topological polar surface area (TPSA) is 78.0 Å². The van der Waals surface area contributed by atoms with Crippen LogP contribution in [0, 0.1) is 0 Å². The third kappa shape index (κ3) is 2.93. The molecule has 0 aliphatic heterocycles. The summed E-state index contributed by atoms with van der Waals surface area (Å²) in [6, 6.07) is 5.36. The molecule has 0 bridgehead atoms. The summed E-state index contributed by atoms with van der Waals surface area (Å²) in [6.07, 6.45) is 2.92. The minimum atomic E-state index is -0.380. The molecule has 1 aromatic carbocycles. The van der Waals surface area contributed by atoms with Gasteiger partial charge in [-0.25, -0.2) is 4.98 Å². The van der Waals surface area contributed by atoms with Crippen molar-refractivity contribution in [3.8, 4) is 0 Å². The molecule has 2 rings (SSSR count). The molecule has 3 N–H and O–H groups in total. The van der Waals surface area contributed by atoms with Crippen LogP contribution in [0.15, 0.2) is 24.5 Å². The van der Waals surface area contributed by atoms with Gasteiger partial charge in [-0.1, -0.05) is 6.92 Å². The van der Waals surface area contributed by atoms with E-state index in [0.29, 0.717) is 12.0 Å². The summed E-state index contributed by atoms with van der Waals surface area (Å²) in [5, 5.41) is 12.0. The molecule has 0 radical (unpaired) electrons. The lowest BCUT2D eigenvalue weighted by molar-refractivity contribution is 0.0886. The van der Waals surface area contributed by atoms with E-state index in [9.17, 15) is 4.79 Å². The van der Waals surface area contributed by atoms with Gasteiger partial charge in [0.1, 0.15) is 0 Å².